The lowest BCUT2D eigenvalue weighted by Crippen LogP contribution is -2.40. The number of nitrogens with zero attached hydrogens (tertiary/aromatic N) is 1. The van der Waals surface area contributed by atoms with Gasteiger partial charge in [-0.15, -0.1) is 0 Å². The molecule has 2 saturated carbocycles. The maximum Gasteiger partial charge on any atom is 0.238 e. The number of benzene rings is 2. The predicted molar refractivity (Wildman–Crippen MR) is 109 cm³/mol. The van der Waals surface area contributed by atoms with E-state index in [0.717, 1.165) is 9.79 Å². The van der Waals surface area contributed by atoms with Gasteiger partial charge in [0.15, 0.2) is 0 Å². The van der Waals surface area contributed by atoms with Crippen molar-refractivity contribution in [1.29, 1.82) is 0 Å². The summed E-state index contributed by atoms with van der Waals surface area (Å²) >= 11 is 7.57. The van der Waals surface area contributed by atoms with Gasteiger partial charge in [0.2, 0.25) is 11.8 Å². The third kappa shape index (κ3) is 2.37. The van der Waals surface area contributed by atoms with Crippen LogP contribution in [0.15, 0.2) is 70.5 Å². The van der Waals surface area contributed by atoms with Crippen LogP contribution < -0.4 is 4.90 Å². The molecule has 0 unspecified atom stereocenters. The molecule has 2 aromatic carbocycles. The van der Waals surface area contributed by atoms with E-state index in [9.17, 15) is 9.59 Å². The van der Waals surface area contributed by atoms with Crippen molar-refractivity contribution in [1.82, 2.24) is 0 Å². The topological polar surface area (TPSA) is 37.4 Å². The molecule has 140 valence electrons. The fourth-order valence-corrected chi connectivity index (χ4v) is 6.46. The Balaban J connectivity index is 1.26. The van der Waals surface area contributed by atoms with Gasteiger partial charge in [-0.1, -0.05) is 35.5 Å². The smallest absolute Gasteiger partial charge is 0.238 e. The molecule has 6 atom stereocenters. The number of imide groups is 1. The monoisotopic (exact) mass is 407 g/mol. The van der Waals surface area contributed by atoms with E-state index < -0.39 is 0 Å². The van der Waals surface area contributed by atoms with Crippen LogP contribution in [-0.4, -0.2) is 11.8 Å². The Morgan fingerprint density at radius 2 is 1.29 bits per heavy atom. The minimum absolute atomic E-state index is 0.00203. The number of halogens is 1. The van der Waals surface area contributed by atoms with Crippen LogP contribution in [0.1, 0.15) is 6.42 Å². The highest BCUT2D eigenvalue weighted by atomic mass is 35.5. The van der Waals surface area contributed by atoms with Crippen molar-refractivity contribution in [2.75, 3.05) is 4.90 Å². The third-order valence-electron chi connectivity index (χ3n) is 6.81. The van der Waals surface area contributed by atoms with E-state index in [-0.39, 0.29) is 35.5 Å². The second-order valence-corrected chi connectivity index (χ2v) is 9.80. The van der Waals surface area contributed by atoms with E-state index in [1.165, 1.54) is 11.3 Å². The average molecular weight is 408 g/mol. The molecule has 5 heteroatoms. The van der Waals surface area contributed by atoms with Gasteiger partial charge in [0.1, 0.15) is 0 Å². The summed E-state index contributed by atoms with van der Waals surface area (Å²) in [4.78, 5) is 29.9. The number of anilines is 1. The minimum Gasteiger partial charge on any atom is -0.274 e. The summed E-state index contributed by atoms with van der Waals surface area (Å²) in [7, 11) is 0. The van der Waals surface area contributed by atoms with E-state index >= 15 is 0 Å². The van der Waals surface area contributed by atoms with Crippen LogP contribution in [0.5, 0.6) is 0 Å². The van der Waals surface area contributed by atoms with Gasteiger partial charge in [-0.05, 0) is 78.6 Å². The maximum atomic E-state index is 13.2. The van der Waals surface area contributed by atoms with Crippen LogP contribution in [0, 0.1) is 35.5 Å². The zero-order valence-corrected chi connectivity index (χ0v) is 16.6. The van der Waals surface area contributed by atoms with E-state index in [0.29, 0.717) is 22.5 Å². The van der Waals surface area contributed by atoms with Crippen molar-refractivity contribution in [3.63, 3.8) is 0 Å². The molecule has 0 radical (unpaired) electrons. The van der Waals surface area contributed by atoms with Crippen molar-refractivity contribution >= 4 is 40.9 Å². The summed E-state index contributed by atoms with van der Waals surface area (Å²) in [6.07, 6.45) is 5.60. The second-order valence-electron chi connectivity index (χ2n) is 8.22. The standard InChI is InChI=1S/C23H18ClNO2S/c24-12-1-5-14(6-2-12)28-15-7-3-13(4-8-15)25-22(26)20-16-9-10-17(19-11-18(16)19)21(20)23(25)27/h1-10,16-21H,11H2/t16-,17-,18-,19+,20+,21+/m0/s1. The van der Waals surface area contributed by atoms with Gasteiger partial charge in [0.25, 0.3) is 0 Å². The van der Waals surface area contributed by atoms with Crippen LogP contribution >= 0.6 is 23.4 Å². The second kappa shape index (κ2) is 5.98. The van der Waals surface area contributed by atoms with Gasteiger partial charge in [0.05, 0.1) is 17.5 Å². The number of carbonyl (C=O) groups excluding carboxylic acids is 2. The molecular formula is C23H18ClNO2S. The molecule has 7 rings (SSSR count). The van der Waals surface area contributed by atoms with Crippen molar-refractivity contribution in [3.8, 4) is 0 Å². The van der Waals surface area contributed by atoms with Gasteiger partial charge in [-0.2, -0.15) is 0 Å². The van der Waals surface area contributed by atoms with Crippen LogP contribution in [0.25, 0.3) is 0 Å². The SMILES string of the molecule is O=C1[C@@H]2[C@H]3C=C[C@@H]([C@@H]4C[C@H]34)[C@H]2C(=O)N1c1ccc(Sc2ccc(Cl)cc2)cc1. The highest BCUT2D eigenvalue weighted by Crippen LogP contribution is 2.65. The van der Waals surface area contributed by atoms with Gasteiger partial charge in [-0.25, -0.2) is 0 Å². The summed E-state index contributed by atoms with van der Waals surface area (Å²) in [6.45, 7) is 0. The average Bonchev–Trinajstić information content (AvgIpc) is 3.49. The number of hydrogen-bond donors (Lipinski definition) is 0. The summed E-state index contributed by atoms with van der Waals surface area (Å²) in [5.74, 6) is 1.50. The Kier molecular flexibility index (Phi) is 3.60. The van der Waals surface area contributed by atoms with Crippen LogP contribution in [-0.2, 0) is 9.59 Å². The number of allylic oxidation sites excluding steroid dienone is 2. The molecule has 0 spiro atoms. The highest BCUT2D eigenvalue weighted by Gasteiger charge is 2.67. The van der Waals surface area contributed by atoms with Gasteiger partial charge in [0, 0.05) is 14.8 Å². The van der Waals surface area contributed by atoms with Crippen molar-refractivity contribution < 1.29 is 9.59 Å². The highest BCUT2D eigenvalue weighted by molar-refractivity contribution is 7.99. The third-order valence-corrected chi connectivity index (χ3v) is 8.07. The molecule has 1 heterocycles. The summed E-state index contributed by atoms with van der Waals surface area (Å²) in [6, 6.07) is 15.4. The molecule has 3 fully saturated rings. The lowest BCUT2D eigenvalue weighted by atomic mass is 9.63. The quantitative estimate of drug-likeness (QED) is 0.527. The predicted octanol–water partition coefficient (Wildman–Crippen LogP) is 5.05. The zero-order chi connectivity index (χ0) is 19.0. The lowest BCUT2D eigenvalue weighted by molar-refractivity contribution is -0.124. The van der Waals surface area contributed by atoms with Gasteiger partial charge >= 0.3 is 0 Å². The Labute approximate surface area is 172 Å². The Morgan fingerprint density at radius 1 is 0.786 bits per heavy atom. The number of hydrogen-bond acceptors (Lipinski definition) is 3. The molecule has 28 heavy (non-hydrogen) atoms. The fourth-order valence-electron chi connectivity index (χ4n) is 5.51. The first-order valence-electron chi connectivity index (χ1n) is 9.71. The number of carbonyl (C=O) groups is 2. The first-order valence-corrected chi connectivity index (χ1v) is 10.9. The molecule has 0 aromatic heterocycles. The maximum absolute atomic E-state index is 13.2. The van der Waals surface area contributed by atoms with E-state index in [4.69, 9.17) is 11.6 Å². The molecular weight excluding hydrogens is 390 g/mol. The largest absolute Gasteiger partial charge is 0.274 e. The van der Waals surface area contributed by atoms with Gasteiger partial charge in [-0.3, -0.25) is 14.5 Å². The number of rotatable bonds is 3. The normalized spacial score (nSPS) is 34.5. The van der Waals surface area contributed by atoms with Crippen LogP contribution in [0.3, 0.4) is 0 Å². The van der Waals surface area contributed by atoms with Crippen molar-refractivity contribution in [2.24, 2.45) is 35.5 Å². The Hall–Kier alpha value is -2.04. The molecule has 4 aliphatic carbocycles. The van der Waals surface area contributed by atoms with E-state index in [1.54, 1.807) is 11.8 Å². The Bertz CT molecular complexity index is 980. The molecule has 0 N–H and O–H groups in total. The van der Waals surface area contributed by atoms with Crippen molar-refractivity contribution in [2.45, 2.75) is 16.2 Å². The fraction of sp³-hybridized carbons (Fsp3) is 0.304. The van der Waals surface area contributed by atoms with Crippen LogP contribution in [0.2, 0.25) is 5.02 Å². The lowest BCUT2D eigenvalue weighted by Gasteiger charge is -2.37. The molecule has 2 amide bonds. The van der Waals surface area contributed by atoms with Gasteiger partial charge < -0.3 is 0 Å². The zero-order valence-electron chi connectivity index (χ0n) is 15.0. The molecule has 2 bridgehead atoms. The molecule has 1 aliphatic heterocycles. The van der Waals surface area contributed by atoms with E-state index in [2.05, 4.69) is 12.2 Å². The Morgan fingerprint density at radius 3 is 1.82 bits per heavy atom. The first-order chi connectivity index (χ1) is 13.6. The number of amides is 2. The van der Waals surface area contributed by atoms with E-state index in [1.807, 2.05) is 48.5 Å². The first kappa shape index (κ1) is 16.9. The summed E-state index contributed by atoms with van der Waals surface area (Å²) in [5, 5.41) is 0.716. The summed E-state index contributed by atoms with van der Waals surface area (Å²) in [5.41, 5.74) is 0.693. The van der Waals surface area contributed by atoms with Crippen molar-refractivity contribution in [3.05, 3.63) is 65.7 Å². The molecule has 1 saturated heterocycles. The molecule has 5 aliphatic rings. The molecule has 2 aromatic rings. The molecule has 3 nitrogen and oxygen atoms in total. The summed E-state index contributed by atoms with van der Waals surface area (Å²) < 4.78 is 0. The van der Waals surface area contributed by atoms with Crippen LogP contribution in [0.4, 0.5) is 5.69 Å². The minimum atomic E-state index is -0.144.